The van der Waals surface area contributed by atoms with E-state index in [0.717, 1.165) is 18.7 Å². The summed E-state index contributed by atoms with van der Waals surface area (Å²) < 4.78 is 5.52. The number of nitriles is 1. The monoisotopic (exact) mass is 230 g/mol. The van der Waals surface area contributed by atoms with Crippen molar-refractivity contribution < 1.29 is 4.74 Å². The standard InChI is InChI=1S/C14H18N2O/c1-11-5-3-4-6-13(11)14(9-15)16-7-8-17-12(2)10-16/h3-6,12,14H,7-8,10H2,1-2H3/t12-,14-/m0/s1. The van der Waals surface area contributed by atoms with Gasteiger partial charge in [-0.3, -0.25) is 4.90 Å². The summed E-state index contributed by atoms with van der Waals surface area (Å²) in [6.45, 7) is 6.48. The first-order valence-electron chi connectivity index (χ1n) is 6.03. The van der Waals surface area contributed by atoms with Crippen molar-refractivity contribution in [1.29, 1.82) is 5.26 Å². The van der Waals surface area contributed by atoms with Crippen molar-refractivity contribution in [2.75, 3.05) is 19.7 Å². The second-order valence-corrected chi connectivity index (χ2v) is 4.56. The Balaban J connectivity index is 2.22. The highest BCUT2D eigenvalue weighted by Gasteiger charge is 2.26. The van der Waals surface area contributed by atoms with Gasteiger partial charge in [0.25, 0.3) is 0 Å². The molecule has 90 valence electrons. The van der Waals surface area contributed by atoms with Crippen LogP contribution >= 0.6 is 0 Å². The van der Waals surface area contributed by atoms with E-state index in [-0.39, 0.29) is 12.1 Å². The fraction of sp³-hybridized carbons (Fsp3) is 0.500. The molecule has 2 atom stereocenters. The van der Waals surface area contributed by atoms with Gasteiger partial charge < -0.3 is 4.74 Å². The molecule has 3 heteroatoms. The molecule has 0 amide bonds. The van der Waals surface area contributed by atoms with Crippen molar-refractivity contribution in [3.63, 3.8) is 0 Å². The molecule has 1 fully saturated rings. The number of hydrogen-bond donors (Lipinski definition) is 0. The molecule has 0 aromatic heterocycles. The molecule has 1 heterocycles. The van der Waals surface area contributed by atoms with Gasteiger partial charge in [0, 0.05) is 13.1 Å². The molecule has 1 aliphatic heterocycles. The summed E-state index contributed by atoms with van der Waals surface area (Å²) in [7, 11) is 0. The van der Waals surface area contributed by atoms with Crippen molar-refractivity contribution in [1.82, 2.24) is 4.90 Å². The highest BCUT2D eigenvalue weighted by molar-refractivity contribution is 5.32. The Kier molecular flexibility index (Phi) is 3.78. The lowest BCUT2D eigenvalue weighted by Gasteiger charge is -2.34. The summed E-state index contributed by atoms with van der Waals surface area (Å²) in [5.74, 6) is 0. The van der Waals surface area contributed by atoms with Crippen LogP contribution in [0.4, 0.5) is 0 Å². The van der Waals surface area contributed by atoms with Crippen LogP contribution in [0.2, 0.25) is 0 Å². The third kappa shape index (κ3) is 2.66. The van der Waals surface area contributed by atoms with Gasteiger partial charge in [0.15, 0.2) is 0 Å². The lowest BCUT2D eigenvalue weighted by atomic mass is 10.0. The van der Waals surface area contributed by atoms with Gasteiger partial charge in [0.05, 0.1) is 18.8 Å². The normalized spacial score (nSPS) is 23.0. The van der Waals surface area contributed by atoms with Crippen LogP contribution in [0.5, 0.6) is 0 Å². The van der Waals surface area contributed by atoms with Crippen molar-refractivity contribution in [3.8, 4) is 6.07 Å². The summed E-state index contributed by atoms with van der Waals surface area (Å²) in [6.07, 6.45) is 0.212. The van der Waals surface area contributed by atoms with E-state index in [4.69, 9.17) is 4.74 Å². The van der Waals surface area contributed by atoms with Gasteiger partial charge in [-0.2, -0.15) is 5.26 Å². The molecule has 0 spiro atoms. The minimum absolute atomic E-state index is 0.150. The van der Waals surface area contributed by atoms with E-state index < -0.39 is 0 Å². The van der Waals surface area contributed by atoms with Gasteiger partial charge >= 0.3 is 0 Å². The maximum absolute atomic E-state index is 9.41. The predicted molar refractivity (Wildman–Crippen MR) is 66.5 cm³/mol. The molecular weight excluding hydrogens is 212 g/mol. The lowest BCUT2D eigenvalue weighted by Crippen LogP contribution is -2.42. The summed E-state index contributed by atoms with van der Waals surface area (Å²) >= 11 is 0. The second kappa shape index (κ2) is 5.31. The van der Waals surface area contributed by atoms with Crippen molar-refractivity contribution in [3.05, 3.63) is 35.4 Å². The van der Waals surface area contributed by atoms with Crippen molar-refractivity contribution >= 4 is 0 Å². The summed E-state index contributed by atoms with van der Waals surface area (Å²) in [6, 6.07) is 10.4. The molecule has 1 saturated heterocycles. The largest absolute Gasteiger partial charge is 0.376 e. The van der Waals surface area contributed by atoms with Crippen LogP contribution in [0.15, 0.2) is 24.3 Å². The van der Waals surface area contributed by atoms with Gasteiger partial charge in [0.2, 0.25) is 0 Å². The summed E-state index contributed by atoms with van der Waals surface area (Å²) in [4.78, 5) is 2.20. The van der Waals surface area contributed by atoms with Crippen LogP contribution in [0.3, 0.4) is 0 Å². The molecule has 1 aromatic carbocycles. The molecule has 0 radical (unpaired) electrons. The minimum atomic E-state index is -0.150. The third-order valence-electron chi connectivity index (χ3n) is 3.24. The number of nitrogens with zero attached hydrogens (tertiary/aromatic N) is 2. The fourth-order valence-electron chi connectivity index (χ4n) is 2.32. The van der Waals surface area contributed by atoms with Gasteiger partial charge in [-0.05, 0) is 25.0 Å². The number of morpholine rings is 1. The van der Waals surface area contributed by atoms with Crippen LogP contribution in [-0.4, -0.2) is 30.7 Å². The van der Waals surface area contributed by atoms with Gasteiger partial charge in [-0.25, -0.2) is 0 Å². The van der Waals surface area contributed by atoms with E-state index in [1.165, 1.54) is 5.56 Å². The van der Waals surface area contributed by atoms with E-state index in [9.17, 15) is 5.26 Å². The van der Waals surface area contributed by atoms with Crippen LogP contribution < -0.4 is 0 Å². The molecule has 0 aliphatic carbocycles. The smallest absolute Gasteiger partial charge is 0.124 e. The maximum Gasteiger partial charge on any atom is 0.124 e. The van der Waals surface area contributed by atoms with Crippen molar-refractivity contribution in [2.45, 2.75) is 26.0 Å². The molecule has 0 bridgehead atoms. The zero-order chi connectivity index (χ0) is 12.3. The number of rotatable bonds is 2. The third-order valence-corrected chi connectivity index (χ3v) is 3.24. The zero-order valence-electron chi connectivity index (χ0n) is 10.4. The Bertz CT molecular complexity index is 424. The molecule has 17 heavy (non-hydrogen) atoms. The molecule has 0 saturated carbocycles. The number of aryl methyl sites for hydroxylation is 1. The molecule has 1 aromatic rings. The topological polar surface area (TPSA) is 36.3 Å². The highest BCUT2D eigenvalue weighted by atomic mass is 16.5. The fourth-order valence-corrected chi connectivity index (χ4v) is 2.32. The molecule has 0 unspecified atom stereocenters. The van der Waals surface area contributed by atoms with E-state index in [1.807, 2.05) is 18.2 Å². The highest BCUT2D eigenvalue weighted by Crippen LogP contribution is 2.24. The van der Waals surface area contributed by atoms with Gasteiger partial charge in [-0.1, -0.05) is 24.3 Å². The Morgan fingerprint density at radius 2 is 2.24 bits per heavy atom. The molecular formula is C14H18N2O. The zero-order valence-corrected chi connectivity index (χ0v) is 10.4. The van der Waals surface area contributed by atoms with Crippen LogP contribution in [0, 0.1) is 18.3 Å². The van der Waals surface area contributed by atoms with E-state index >= 15 is 0 Å². The van der Waals surface area contributed by atoms with Gasteiger partial charge in [0.1, 0.15) is 6.04 Å². The van der Waals surface area contributed by atoms with Crippen LogP contribution in [0.25, 0.3) is 0 Å². The Labute approximate surface area is 103 Å². The molecule has 1 aliphatic rings. The first kappa shape index (κ1) is 12.1. The van der Waals surface area contributed by atoms with Gasteiger partial charge in [-0.15, -0.1) is 0 Å². The van der Waals surface area contributed by atoms with E-state index in [0.29, 0.717) is 6.61 Å². The quantitative estimate of drug-likeness (QED) is 0.782. The maximum atomic E-state index is 9.41. The predicted octanol–water partition coefficient (Wildman–Crippen LogP) is 2.28. The van der Waals surface area contributed by atoms with E-state index in [1.54, 1.807) is 0 Å². The van der Waals surface area contributed by atoms with Crippen LogP contribution in [0.1, 0.15) is 24.1 Å². The SMILES string of the molecule is Cc1ccccc1[C@H](C#N)N1CCO[C@@H](C)C1. The lowest BCUT2D eigenvalue weighted by molar-refractivity contribution is -0.0269. The Morgan fingerprint density at radius 1 is 1.47 bits per heavy atom. The molecule has 0 N–H and O–H groups in total. The first-order chi connectivity index (χ1) is 8.22. The Hall–Kier alpha value is -1.37. The number of benzene rings is 1. The van der Waals surface area contributed by atoms with Crippen LogP contribution in [-0.2, 0) is 4.74 Å². The number of ether oxygens (including phenoxy) is 1. The summed E-state index contributed by atoms with van der Waals surface area (Å²) in [5, 5.41) is 9.41. The second-order valence-electron chi connectivity index (χ2n) is 4.56. The first-order valence-corrected chi connectivity index (χ1v) is 6.03. The molecule has 2 rings (SSSR count). The minimum Gasteiger partial charge on any atom is -0.376 e. The average Bonchev–Trinajstić information content (AvgIpc) is 2.33. The Morgan fingerprint density at radius 3 is 2.88 bits per heavy atom. The van der Waals surface area contributed by atoms with Crippen molar-refractivity contribution in [2.24, 2.45) is 0 Å². The summed E-state index contributed by atoms with van der Waals surface area (Å²) in [5.41, 5.74) is 2.29. The number of hydrogen-bond acceptors (Lipinski definition) is 3. The average molecular weight is 230 g/mol. The van der Waals surface area contributed by atoms with E-state index in [2.05, 4.69) is 30.9 Å². The molecule has 3 nitrogen and oxygen atoms in total.